The molecule has 0 aromatic carbocycles. The van der Waals surface area contributed by atoms with Gasteiger partial charge >= 0.3 is 0 Å². The Morgan fingerprint density at radius 2 is 2.17 bits per heavy atom. The number of nitrogens with one attached hydrogen (secondary N) is 1. The normalized spacial score (nSPS) is 15.4. The van der Waals surface area contributed by atoms with E-state index in [0.717, 1.165) is 41.3 Å². The first-order valence-electron chi connectivity index (χ1n) is 8.64. The van der Waals surface area contributed by atoms with Gasteiger partial charge in [-0.2, -0.15) is 0 Å². The minimum Gasteiger partial charge on any atom is -0.461 e. The fraction of sp³-hybridized carbons (Fsp3) is 0.444. The van der Waals surface area contributed by atoms with Gasteiger partial charge in [-0.15, -0.1) is 0 Å². The van der Waals surface area contributed by atoms with E-state index in [-0.39, 0.29) is 6.61 Å². The van der Waals surface area contributed by atoms with E-state index in [9.17, 15) is 0 Å². The predicted octanol–water partition coefficient (Wildman–Crippen LogP) is 3.60. The van der Waals surface area contributed by atoms with Gasteiger partial charge in [0.05, 0.1) is 12.0 Å². The summed E-state index contributed by atoms with van der Waals surface area (Å²) in [6.45, 7) is 0.886. The Kier molecular flexibility index (Phi) is 4.21. The molecular weight excluding hydrogens is 304 g/mol. The minimum atomic E-state index is 0.176. The Labute approximate surface area is 140 Å². The van der Waals surface area contributed by atoms with Gasteiger partial charge in [-0.25, -0.2) is 9.97 Å². The highest BCUT2D eigenvalue weighted by Crippen LogP contribution is 2.37. The van der Waals surface area contributed by atoms with Crippen LogP contribution in [0.1, 0.15) is 38.1 Å². The van der Waals surface area contributed by atoms with Crippen LogP contribution in [0.2, 0.25) is 0 Å². The summed E-state index contributed by atoms with van der Waals surface area (Å²) in [5, 5.41) is 12.3. The molecule has 0 amide bonds. The number of pyridine rings is 1. The van der Waals surface area contributed by atoms with E-state index in [4.69, 9.17) is 14.5 Å². The average molecular weight is 326 g/mol. The van der Waals surface area contributed by atoms with Crippen LogP contribution >= 0.6 is 0 Å². The highest BCUT2D eigenvalue weighted by atomic mass is 16.3. The summed E-state index contributed by atoms with van der Waals surface area (Å²) in [4.78, 5) is 9.47. The minimum absolute atomic E-state index is 0.176. The second-order valence-corrected chi connectivity index (χ2v) is 6.26. The number of aromatic nitrogens is 3. The molecule has 3 aromatic rings. The number of hydrogen-bond donors (Lipinski definition) is 2. The standard InChI is InChI=1S/C18H22N4O2/c23-11-4-9-19-14-8-10-20-18-16(14)21-17(15-7-3-12-24-15)22(18)13-5-1-2-6-13/h3,7-8,10,12-13,23H,1-2,4-6,9,11H2,(H,19,20). The third kappa shape index (κ3) is 2.67. The largest absolute Gasteiger partial charge is 0.461 e. The van der Waals surface area contributed by atoms with Crippen LogP contribution < -0.4 is 5.32 Å². The number of furan rings is 1. The number of rotatable bonds is 6. The highest BCUT2D eigenvalue weighted by Gasteiger charge is 2.26. The molecule has 126 valence electrons. The molecule has 0 unspecified atom stereocenters. The Balaban J connectivity index is 1.83. The van der Waals surface area contributed by atoms with Crippen LogP contribution in [0, 0.1) is 0 Å². The van der Waals surface area contributed by atoms with Crippen molar-refractivity contribution in [1.82, 2.24) is 14.5 Å². The second kappa shape index (κ2) is 6.65. The maximum atomic E-state index is 8.99. The Hall–Kier alpha value is -2.34. The van der Waals surface area contributed by atoms with E-state index in [2.05, 4.69) is 14.9 Å². The second-order valence-electron chi connectivity index (χ2n) is 6.26. The van der Waals surface area contributed by atoms with Crippen LogP contribution in [0.4, 0.5) is 5.69 Å². The summed E-state index contributed by atoms with van der Waals surface area (Å²) in [6, 6.07) is 6.21. The topological polar surface area (TPSA) is 76.1 Å². The molecule has 0 saturated heterocycles. The van der Waals surface area contributed by atoms with Crippen molar-refractivity contribution < 1.29 is 9.52 Å². The quantitative estimate of drug-likeness (QED) is 0.677. The number of nitrogens with zero attached hydrogens (tertiary/aromatic N) is 3. The van der Waals surface area contributed by atoms with Crippen molar-refractivity contribution in [3.8, 4) is 11.6 Å². The third-order valence-corrected chi connectivity index (χ3v) is 4.66. The lowest BCUT2D eigenvalue weighted by atomic mass is 10.2. The van der Waals surface area contributed by atoms with Gasteiger partial charge in [0.2, 0.25) is 0 Å². The van der Waals surface area contributed by atoms with Crippen LogP contribution in [0.5, 0.6) is 0 Å². The molecule has 6 nitrogen and oxygen atoms in total. The summed E-state index contributed by atoms with van der Waals surface area (Å²) in [7, 11) is 0. The summed E-state index contributed by atoms with van der Waals surface area (Å²) >= 11 is 0. The first kappa shape index (κ1) is 15.2. The van der Waals surface area contributed by atoms with Crippen molar-refractivity contribution in [1.29, 1.82) is 0 Å². The molecule has 0 spiro atoms. The molecule has 1 aliphatic rings. The van der Waals surface area contributed by atoms with Crippen molar-refractivity contribution in [3.05, 3.63) is 30.7 Å². The summed E-state index contributed by atoms with van der Waals surface area (Å²) in [5.74, 6) is 1.63. The van der Waals surface area contributed by atoms with Crippen molar-refractivity contribution in [2.75, 3.05) is 18.5 Å². The third-order valence-electron chi connectivity index (χ3n) is 4.66. The molecule has 2 N–H and O–H groups in total. The van der Waals surface area contributed by atoms with E-state index in [1.807, 2.05) is 24.4 Å². The molecule has 3 heterocycles. The fourth-order valence-electron chi connectivity index (χ4n) is 3.52. The van der Waals surface area contributed by atoms with Gasteiger partial charge in [-0.3, -0.25) is 0 Å². The van der Waals surface area contributed by atoms with E-state index in [1.54, 1.807) is 6.26 Å². The first-order valence-corrected chi connectivity index (χ1v) is 8.64. The zero-order valence-electron chi connectivity index (χ0n) is 13.6. The van der Waals surface area contributed by atoms with Crippen LogP contribution in [-0.2, 0) is 0 Å². The van der Waals surface area contributed by atoms with E-state index >= 15 is 0 Å². The number of imidazole rings is 1. The number of anilines is 1. The molecule has 1 fully saturated rings. The van der Waals surface area contributed by atoms with Crippen molar-refractivity contribution >= 4 is 16.9 Å². The predicted molar refractivity (Wildman–Crippen MR) is 92.9 cm³/mol. The molecule has 0 aliphatic heterocycles. The van der Waals surface area contributed by atoms with Crippen LogP contribution in [0.25, 0.3) is 22.7 Å². The zero-order valence-corrected chi connectivity index (χ0v) is 13.6. The smallest absolute Gasteiger partial charge is 0.178 e. The van der Waals surface area contributed by atoms with Gasteiger partial charge in [-0.1, -0.05) is 12.8 Å². The van der Waals surface area contributed by atoms with E-state index in [1.165, 1.54) is 12.8 Å². The number of aliphatic hydroxyl groups excluding tert-OH is 1. The van der Waals surface area contributed by atoms with Gasteiger partial charge in [0.25, 0.3) is 0 Å². The number of hydrogen-bond acceptors (Lipinski definition) is 5. The van der Waals surface area contributed by atoms with Gasteiger partial charge in [0.1, 0.15) is 5.52 Å². The van der Waals surface area contributed by atoms with Crippen molar-refractivity contribution in [3.63, 3.8) is 0 Å². The average Bonchev–Trinajstić information content (AvgIpc) is 3.34. The van der Waals surface area contributed by atoms with Gasteiger partial charge < -0.3 is 19.4 Å². The van der Waals surface area contributed by atoms with E-state index < -0.39 is 0 Å². The maximum absolute atomic E-state index is 8.99. The Morgan fingerprint density at radius 3 is 2.92 bits per heavy atom. The van der Waals surface area contributed by atoms with E-state index in [0.29, 0.717) is 19.0 Å². The molecule has 6 heteroatoms. The molecule has 1 saturated carbocycles. The number of fused-ring (bicyclic) bond motifs is 1. The lowest BCUT2D eigenvalue weighted by Gasteiger charge is -2.14. The molecule has 4 rings (SSSR count). The summed E-state index contributed by atoms with van der Waals surface area (Å²) in [6.07, 6.45) is 9.02. The maximum Gasteiger partial charge on any atom is 0.178 e. The lowest BCUT2D eigenvalue weighted by molar-refractivity contribution is 0.292. The summed E-state index contributed by atoms with van der Waals surface area (Å²) in [5.41, 5.74) is 2.73. The molecular formula is C18H22N4O2. The fourth-order valence-corrected chi connectivity index (χ4v) is 3.52. The van der Waals surface area contributed by atoms with Gasteiger partial charge in [0.15, 0.2) is 17.2 Å². The van der Waals surface area contributed by atoms with Crippen LogP contribution in [-0.4, -0.2) is 32.8 Å². The highest BCUT2D eigenvalue weighted by molar-refractivity contribution is 5.88. The molecule has 1 aliphatic carbocycles. The monoisotopic (exact) mass is 326 g/mol. The number of aliphatic hydroxyl groups is 1. The zero-order chi connectivity index (χ0) is 16.4. The Bertz CT molecular complexity index is 804. The van der Waals surface area contributed by atoms with Crippen LogP contribution in [0.15, 0.2) is 35.1 Å². The van der Waals surface area contributed by atoms with Gasteiger partial charge in [-0.05, 0) is 37.5 Å². The molecule has 24 heavy (non-hydrogen) atoms. The first-order chi connectivity index (χ1) is 11.9. The molecule has 0 bridgehead atoms. The lowest BCUT2D eigenvalue weighted by Crippen LogP contribution is -2.07. The Morgan fingerprint density at radius 1 is 1.29 bits per heavy atom. The molecule has 3 aromatic heterocycles. The molecule has 0 radical (unpaired) electrons. The molecule has 0 atom stereocenters. The van der Waals surface area contributed by atoms with Crippen molar-refractivity contribution in [2.24, 2.45) is 0 Å². The van der Waals surface area contributed by atoms with Crippen LogP contribution in [0.3, 0.4) is 0 Å². The summed E-state index contributed by atoms with van der Waals surface area (Å²) < 4.78 is 7.87. The van der Waals surface area contributed by atoms with Crippen molar-refractivity contribution in [2.45, 2.75) is 38.1 Å². The van der Waals surface area contributed by atoms with Gasteiger partial charge in [0, 0.05) is 25.4 Å². The SMILES string of the molecule is OCCCNc1ccnc2c1nc(-c1ccco1)n2C1CCCC1.